The van der Waals surface area contributed by atoms with E-state index in [9.17, 15) is 4.79 Å². The first kappa shape index (κ1) is 14.8. The fraction of sp³-hybridized carbons (Fsp3) is 0.933. The molecular weight excluding hydrogens is 238 g/mol. The molecule has 2 aliphatic heterocycles. The zero-order valence-electron chi connectivity index (χ0n) is 13.1. The molecule has 1 amide bonds. The van der Waals surface area contributed by atoms with Gasteiger partial charge in [-0.15, -0.1) is 0 Å². The maximum atomic E-state index is 11.7. The van der Waals surface area contributed by atoms with Crippen molar-refractivity contribution in [3.05, 3.63) is 0 Å². The van der Waals surface area contributed by atoms with Crippen molar-refractivity contribution in [1.82, 2.24) is 14.7 Å². The maximum Gasteiger partial charge on any atom is 0.219 e. The lowest BCUT2D eigenvalue weighted by molar-refractivity contribution is -0.139. The maximum absolute atomic E-state index is 11.7. The normalized spacial score (nSPS) is 28.5. The molecule has 0 bridgehead atoms. The molecule has 2 rings (SSSR count). The second kappa shape index (κ2) is 5.41. The molecular formula is C15H29N3O. The van der Waals surface area contributed by atoms with Crippen LogP contribution in [0.5, 0.6) is 0 Å². The van der Waals surface area contributed by atoms with E-state index in [1.807, 2.05) is 4.90 Å². The van der Waals surface area contributed by atoms with Gasteiger partial charge in [-0.1, -0.05) is 13.8 Å². The van der Waals surface area contributed by atoms with E-state index in [1.165, 1.54) is 6.54 Å². The van der Waals surface area contributed by atoms with Gasteiger partial charge in [-0.3, -0.25) is 9.69 Å². The van der Waals surface area contributed by atoms with Crippen molar-refractivity contribution in [3.63, 3.8) is 0 Å². The van der Waals surface area contributed by atoms with Crippen LogP contribution in [0.25, 0.3) is 0 Å². The van der Waals surface area contributed by atoms with Gasteiger partial charge >= 0.3 is 0 Å². The lowest BCUT2D eigenvalue weighted by Gasteiger charge is -2.55. The van der Waals surface area contributed by atoms with E-state index in [-0.39, 0.29) is 11.4 Å². The monoisotopic (exact) mass is 267 g/mol. The van der Waals surface area contributed by atoms with Gasteiger partial charge in [-0.05, 0) is 19.8 Å². The molecule has 4 nitrogen and oxygen atoms in total. The molecule has 2 aliphatic rings. The third-order valence-electron chi connectivity index (χ3n) is 4.42. The minimum absolute atomic E-state index is 0.110. The van der Waals surface area contributed by atoms with Crippen LogP contribution in [0.2, 0.25) is 0 Å². The Morgan fingerprint density at radius 2 is 1.95 bits per heavy atom. The van der Waals surface area contributed by atoms with Gasteiger partial charge in [0.15, 0.2) is 0 Å². The summed E-state index contributed by atoms with van der Waals surface area (Å²) in [4.78, 5) is 18.9. The van der Waals surface area contributed by atoms with Crippen LogP contribution >= 0.6 is 0 Å². The van der Waals surface area contributed by atoms with Crippen LogP contribution in [-0.2, 0) is 4.79 Å². The van der Waals surface area contributed by atoms with Gasteiger partial charge in [0.2, 0.25) is 5.91 Å². The Balaban J connectivity index is 2.06. The molecule has 2 saturated heterocycles. The molecule has 0 unspecified atom stereocenters. The van der Waals surface area contributed by atoms with Crippen molar-refractivity contribution in [3.8, 4) is 0 Å². The quantitative estimate of drug-likeness (QED) is 0.754. The van der Waals surface area contributed by atoms with Crippen molar-refractivity contribution in [1.29, 1.82) is 0 Å². The van der Waals surface area contributed by atoms with E-state index in [2.05, 4.69) is 37.5 Å². The summed E-state index contributed by atoms with van der Waals surface area (Å²) < 4.78 is 0. The number of hydrogen-bond donors (Lipinski definition) is 0. The highest BCUT2D eigenvalue weighted by Crippen LogP contribution is 2.28. The lowest BCUT2D eigenvalue weighted by atomic mass is 9.92. The van der Waals surface area contributed by atoms with Crippen LogP contribution in [0.1, 0.15) is 34.6 Å². The molecule has 110 valence electrons. The van der Waals surface area contributed by atoms with Crippen molar-refractivity contribution >= 4 is 5.91 Å². The van der Waals surface area contributed by atoms with Gasteiger partial charge in [0, 0.05) is 57.8 Å². The van der Waals surface area contributed by atoms with Gasteiger partial charge in [0.05, 0.1) is 0 Å². The highest BCUT2D eigenvalue weighted by atomic mass is 16.2. The number of nitrogens with zero attached hydrogens (tertiary/aromatic N) is 3. The van der Waals surface area contributed by atoms with Crippen molar-refractivity contribution in [2.75, 3.05) is 39.3 Å². The van der Waals surface area contributed by atoms with Crippen LogP contribution in [0, 0.1) is 5.92 Å². The van der Waals surface area contributed by atoms with Crippen LogP contribution in [0.3, 0.4) is 0 Å². The Morgan fingerprint density at radius 1 is 1.26 bits per heavy atom. The third kappa shape index (κ3) is 3.29. The van der Waals surface area contributed by atoms with E-state index < -0.39 is 0 Å². The first-order chi connectivity index (χ1) is 8.79. The molecule has 0 aromatic heterocycles. The summed E-state index contributed by atoms with van der Waals surface area (Å²) in [5.41, 5.74) is 0.110. The number of carbonyl (C=O) groups excluding carboxylic acids is 1. The zero-order chi connectivity index (χ0) is 14.2. The van der Waals surface area contributed by atoms with Gasteiger partial charge in [0.25, 0.3) is 0 Å². The molecule has 2 heterocycles. The second-order valence-electron chi connectivity index (χ2n) is 7.21. The smallest absolute Gasteiger partial charge is 0.219 e. The topological polar surface area (TPSA) is 26.8 Å². The van der Waals surface area contributed by atoms with Crippen LogP contribution in [0.15, 0.2) is 0 Å². The van der Waals surface area contributed by atoms with E-state index in [0.717, 1.165) is 32.7 Å². The number of rotatable bonds is 2. The summed E-state index contributed by atoms with van der Waals surface area (Å²) in [5.74, 6) is 0.931. The molecule has 0 saturated carbocycles. The SMILES string of the molecule is CC(=O)N1C[C@@H]2CN(CC(C)C)CCN2C(C)(C)C1. The summed E-state index contributed by atoms with van der Waals surface area (Å²) in [5, 5.41) is 0. The second-order valence-corrected chi connectivity index (χ2v) is 7.21. The van der Waals surface area contributed by atoms with E-state index in [4.69, 9.17) is 0 Å². The number of amides is 1. The van der Waals surface area contributed by atoms with Crippen LogP contribution in [-0.4, -0.2) is 71.5 Å². The first-order valence-corrected chi connectivity index (χ1v) is 7.54. The number of fused-ring (bicyclic) bond motifs is 1. The highest BCUT2D eigenvalue weighted by Gasteiger charge is 2.43. The standard InChI is InChI=1S/C15H29N3O/c1-12(2)8-16-6-7-18-14(9-16)10-17(13(3)19)11-15(18,4)5/h12,14H,6-11H2,1-5H3/t14-/m0/s1. The average molecular weight is 267 g/mol. The van der Waals surface area contributed by atoms with Gasteiger partial charge in [-0.25, -0.2) is 0 Å². The number of hydrogen-bond acceptors (Lipinski definition) is 3. The lowest BCUT2D eigenvalue weighted by Crippen LogP contribution is -2.70. The number of carbonyl (C=O) groups is 1. The van der Waals surface area contributed by atoms with Crippen molar-refractivity contribution in [2.24, 2.45) is 5.92 Å². The molecule has 0 aromatic rings. The zero-order valence-corrected chi connectivity index (χ0v) is 13.1. The summed E-state index contributed by atoms with van der Waals surface area (Å²) in [6.07, 6.45) is 0. The summed E-state index contributed by atoms with van der Waals surface area (Å²) >= 11 is 0. The van der Waals surface area contributed by atoms with E-state index >= 15 is 0 Å². The largest absolute Gasteiger partial charge is 0.339 e. The van der Waals surface area contributed by atoms with E-state index in [1.54, 1.807) is 6.92 Å². The van der Waals surface area contributed by atoms with E-state index in [0.29, 0.717) is 12.0 Å². The predicted octanol–water partition coefficient (Wildman–Crippen LogP) is 1.27. The van der Waals surface area contributed by atoms with Crippen LogP contribution in [0.4, 0.5) is 0 Å². The van der Waals surface area contributed by atoms with Crippen molar-refractivity contribution in [2.45, 2.75) is 46.2 Å². The average Bonchev–Trinajstić information content (AvgIpc) is 2.26. The third-order valence-corrected chi connectivity index (χ3v) is 4.42. The summed E-state index contributed by atoms with van der Waals surface area (Å²) in [6.45, 7) is 17.1. The minimum Gasteiger partial charge on any atom is -0.339 e. The van der Waals surface area contributed by atoms with Crippen LogP contribution < -0.4 is 0 Å². The van der Waals surface area contributed by atoms with Gasteiger partial charge < -0.3 is 9.80 Å². The molecule has 0 aromatic carbocycles. The Labute approximate surface area is 117 Å². The Morgan fingerprint density at radius 3 is 2.53 bits per heavy atom. The highest BCUT2D eigenvalue weighted by molar-refractivity contribution is 5.73. The summed E-state index contributed by atoms with van der Waals surface area (Å²) in [6, 6.07) is 0.500. The molecule has 4 heteroatoms. The number of piperazine rings is 2. The molecule has 1 atom stereocenters. The predicted molar refractivity (Wildman–Crippen MR) is 78.1 cm³/mol. The molecule has 0 spiro atoms. The summed E-state index contributed by atoms with van der Waals surface area (Å²) in [7, 11) is 0. The van der Waals surface area contributed by atoms with Gasteiger partial charge in [-0.2, -0.15) is 0 Å². The fourth-order valence-electron chi connectivity index (χ4n) is 3.67. The van der Waals surface area contributed by atoms with Gasteiger partial charge in [0.1, 0.15) is 0 Å². The Hall–Kier alpha value is -0.610. The Bertz CT molecular complexity index is 340. The molecule has 0 radical (unpaired) electrons. The fourth-order valence-corrected chi connectivity index (χ4v) is 3.67. The first-order valence-electron chi connectivity index (χ1n) is 7.54. The Kier molecular flexibility index (Phi) is 4.21. The molecule has 19 heavy (non-hydrogen) atoms. The molecule has 0 aliphatic carbocycles. The molecule has 2 fully saturated rings. The minimum atomic E-state index is 0.110. The van der Waals surface area contributed by atoms with Crippen molar-refractivity contribution < 1.29 is 4.79 Å². The molecule has 0 N–H and O–H groups in total.